The summed E-state index contributed by atoms with van der Waals surface area (Å²) in [6.45, 7) is 13.7. The fraction of sp³-hybridized carbons (Fsp3) is 1.00. The molecular weight excluding hydrogens is 222 g/mol. The predicted molar refractivity (Wildman–Crippen MR) is 78.0 cm³/mol. The summed E-state index contributed by atoms with van der Waals surface area (Å²) >= 11 is 0. The van der Waals surface area contributed by atoms with Gasteiger partial charge in [0.1, 0.15) is 0 Å². The lowest BCUT2D eigenvalue weighted by Crippen LogP contribution is -2.42. The summed E-state index contributed by atoms with van der Waals surface area (Å²) in [6, 6.07) is 0.697. The first-order valence-electron chi connectivity index (χ1n) is 7.93. The standard InChI is InChI=1S/C15H31N3/c1-14(2)18(12-11-17-9-3-4-10-17)13-15-5-7-16-8-6-15/h14-16H,3-13H2,1-2H3. The van der Waals surface area contributed by atoms with Crippen LogP contribution < -0.4 is 5.32 Å². The summed E-state index contributed by atoms with van der Waals surface area (Å²) in [6.07, 6.45) is 5.56. The summed E-state index contributed by atoms with van der Waals surface area (Å²) in [5.41, 5.74) is 0. The van der Waals surface area contributed by atoms with Gasteiger partial charge in [0.05, 0.1) is 0 Å². The fourth-order valence-electron chi connectivity index (χ4n) is 3.23. The zero-order valence-corrected chi connectivity index (χ0v) is 12.3. The molecule has 0 radical (unpaired) electrons. The predicted octanol–water partition coefficient (Wildman–Crippen LogP) is 1.79. The first-order chi connectivity index (χ1) is 8.75. The van der Waals surface area contributed by atoms with Gasteiger partial charge in [-0.15, -0.1) is 0 Å². The second kappa shape index (κ2) is 7.46. The van der Waals surface area contributed by atoms with E-state index in [1.165, 1.54) is 71.5 Å². The maximum atomic E-state index is 3.47. The Morgan fingerprint density at radius 3 is 2.44 bits per heavy atom. The molecule has 2 fully saturated rings. The van der Waals surface area contributed by atoms with Crippen molar-refractivity contribution in [3.8, 4) is 0 Å². The Morgan fingerprint density at radius 1 is 1.17 bits per heavy atom. The third-order valence-electron chi connectivity index (χ3n) is 4.58. The van der Waals surface area contributed by atoms with Crippen molar-refractivity contribution in [1.82, 2.24) is 15.1 Å². The van der Waals surface area contributed by atoms with Crippen LogP contribution in [0.5, 0.6) is 0 Å². The first kappa shape index (κ1) is 14.3. The van der Waals surface area contributed by atoms with Crippen LogP contribution in [0.25, 0.3) is 0 Å². The van der Waals surface area contributed by atoms with Gasteiger partial charge >= 0.3 is 0 Å². The third kappa shape index (κ3) is 4.52. The lowest BCUT2D eigenvalue weighted by molar-refractivity contribution is 0.150. The summed E-state index contributed by atoms with van der Waals surface area (Å²) in [7, 11) is 0. The van der Waals surface area contributed by atoms with E-state index >= 15 is 0 Å². The second-order valence-corrected chi connectivity index (χ2v) is 6.33. The quantitative estimate of drug-likeness (QED) is 0.778. The molecule has 0 bridgehead atoms. The van der Waals surface area contributed by atoms with Crippen LogP contribution in [0.1, 0.15) is 39.5 Å². The molecule has 3 heteroatoms. The zero-order chi connectivity index (χ0) is 12.8. The highest BCUT2D eigenvalue weighted by atomic mass is 15.2. The van der Waals surface area contributed by atoms with Crippen LogP contribution >= 0.6 is 0 Å². The summed E-state index contributed by atoms with van der Waals surface area (Å²) in [4.78, 5) is 5.34. The van der Waals surface area contributed by atoms with Gasteiger partial charge in [-0.25, -0.2) is 0 Å². The topological polar surface area (TPSA) is 18.5 Å². The molecule has 0 aromatic heterocycles. The Balaban J connectivity index is 1.72. The average molecular weight is 253 g/mol. The molecule has 106 valence electrons. The molecule has 2 saturated heterocycles. The summed E-state index contributed by atoms with van der Waals surface area (Å²) in [5, 5.41) is 3.47. The van der Waals surface area contributed by atoms with Gasteiger partial charge in [-0.1, -0.05) is 0 Å². The normalized spacial score (nSPS) is 23.3. The van der Waals surface area contributed by atoms with Crippen molar-refractivity contribution in [2.75, 3.05) is 45.8 Å². The van der Waals surface area contributed by atoms with Crippen molar-refractivity contribution in [3.63, 3.8) is 0 Å². The van der Waals surface area contributed by atoms with E-state index in [1.807, 2.05) is 0 Å². The molecule has 2 heterocycles. The highest BCUT2D eigenvalue weighted by Gasteiger charge is 2.20. The molecule has 0 aromatic rings. The molecular formula is C15H31N3. The first-order valence-corrected chi connectivity index (χ1v) is 7.93. The van der Waals surface area contributed by atoms with E-state index in [1.54, 1.807) is 0 Å². The van der Waals surface area contributed by atoms with E-state index in [-0.39, 0.29) is 0 Å². The monoisotopic (exact) mass is 253 g/mol. The largest absolute Gasteiger partial charge is 0.317 e. The Morgan fingerprint density at radius 2 is 1.83 bits per heavy atom. The summed E-state index contributed by atoms with van der Waals surface area (Å²) < 4.78 is 0. The molecule has 2 aliphatic heterocycles. The van der Waals surface area contributed by atoms with Crippen molar-refractivity contribution < 1.29 is 0 Å². The van der Waals surface area contributed by atoms with E-state index in [4.69, 9.17) is 0 Å². The van der Waals surface area contributed by atoms with Crippen LogP contribution in [0.3, 0.4) is 0 Å². The number of piperidine rings is 1. The molecule has 18 heavy (non-hydrogen) atoms. The highest BCUT2D eigenvalue weighted by molar-refractivity contribution is 4.76. The number of rotatable bonds is 6. The third-order valence-corrected chi connectivity index (χ3v) is 4.58. The van der Waals surface area contributed by atoms with Gasteiger partial charge < -0.3 is 10.2 Å². The van der Waals surface area contributed by atoms with E-state index in [2.05, 4.69) is 29.0 Å². The molecule has 2 rings (SSSR count). The van der Waals surface area contributed by atoms with Crippen LogP contribution in [-0.4, -0.2) is 61.7 Å². The van der Waals surface area contributed by atoms with E-state index < -0.39 is 0 Å². The number of nitrogens with one attached hydrogen (secondary N) is 1. The van der Waals surface area contributed by atoms with Crippen molar-refractivity contribution in [2.45, 2.75) is 45.6 Å². The van der Waals surface area contributed by atoms with E-state index in [9.17, 15) is 0 Å². The molecule has 0 atom stereocenters. The van der Waals surface area contributed by atoms with Gasteiger partial charge in [0.25, 0.3) is 0 Å². The molecule has 0 unspecified atom stereocenters. The highest BCUT2D eigenvalue weighted by Crippen LogP contribution is 2.15. The van der Waals surface area contributed by atoms with Crippen LogP contribution in [0, 0.1) is 5.92 Å². The van der Waals surface area contributed by atoms with Gasteiger partial charge in [0.2, 0.25) is 0 Å². The van der Waals surface area contributed by atoms with Crippen molar-refractivity contribution in [3.05, 3.63) is 0 Å². The van der Waals surface area contributed by atoms with Crippen molar-refractivity contribution in [2.24, 2.45) is 5.92 Å². The minimum Gasteiger partial charge on any atom is -0.317 e. The summed E-state index contributed by atoms with van der Waals surface area (Å²) in [5.74, 6) is 0.923. The maximum Gasteiger partial charge on any atom is 0.0112 e. The second-order valence-electron chi connectivity index (χ2n) is 6.33. The number of hydrogen-bond donors (Lipinski definition) is 1. The molecule has 2 aliphatic rings. The van der Waals surface area contributed by atoms with Crippen molar-refractivity contribution >= 4 is 0 Å². The molecule has 0 aliphatic carbocycles. The SMILES string of the molecule is CC(C)N(CCN1CCCC1)CC1CCNCC1. The molecule has 0 amide bonds. The van der Waals surface area contributed by atoms with Crippen LogP contribution in [0.4, 0.5) is 0 Å². The average Bonchev–Trinajstić information content (AvgIpc) is 2.88. The van der Waals surface area contributed by atoms with Crippen molar-refractivity contribution in [1.29, 1.82) is 0 Å². The fourth-order valence-corrected chi connectivity index (χ4v) is 3.23. The van der Waals surface area contributed by atoms with E-state index in [0.29, 0.717) is 6.04 Å². The zero-order valence-electron chi connectivity index (χ0n) is 12.3. The number of hydrogen-bond acceptors (Lipinski definition) is 3. The maximum absolute atomic E-state index is 3.47. The Labute approximate surface area is 113 Å². The smallest absolute Gasteiger partial charge is 0.0112 e. The Bertz CT molecular complexity index is 218. The minimum atomic E-state index is 0.697. The molecule has 1 N–H and O–H groups in total. The minimum absolute atomic E-state index is 0.697. The van der Waals surface area contributed by atoms with Gasteiger partial charge in [-0.3, -0.25) is 4.90 Å². The Hall–Kier alpha value is -0.120. The lowest BCUT2D eigenvalue weighted by atomic mass is 9.97. The van der Waals surface area contributed by atoms with Crippen LogP contribution in [-0.2, 0) is 0 Å². The van der Waals surface area contributed by atoms with Gasteiger partial charge in [-0.2, -0.15) is 0 Å². The molecule has 0 spiro atoms. The molecule has 0 saturated carbocycles. The van der Waals surface area contributed by atoms with E-state index in [0.717, 1.165) is 5.92 Å². The number of nitrogens with zero attached hydrogens (tertiary/aromatic N) is 2. The Kier molecular flexibility index (Phi) is 5.93. The van der Waals surface area contributed by atoms with Gasteiger partial charge in [-0.05, 0) is 71.6 Å². The molecule has 0 aromatic carbocycles. The molecule has 3 nitrogen and oxygen atoms in total. The van der Waals surface area contributed by atoms with Crippen LogP contribution in [0.15, 0.2) is 0 Å². The van der Waals surface area contributed by atoms with Gasteiger partial charge in [0.15, 0.2) is 0 Å². The van der Waals surface area contributed by atoms with Gasteiger partial charge in [0, 0.05) is 25.7 Å². The van der Waals surface area contributed by atoms with Crippen LogP contribution in [0.2, 0.25) is 0 Å². The lowest BCUT2D eigenvalue weighted by Gasteiger charge is -2.33. The number of likely N-dealkylation sites (tertiary alicyclic amines) is 1.